The maximum atomic E-state index is 10.3. The van der Waals surface area contributed by atoms with Gasteiger partial charge in [-0.15, -0.1) is 0 Å². The fraction of sp³-hybridized carbons (Fsp3) is 0.154. The molecule has 1 heterocycles. The average Bonchev–Trinajstić information content (AvgIpc) is 2.63. The van der Waals surface area contributed by atoms with Crippen molar-refractivity contribution in [3.8, 4) is 0 Å². The Hall–Kier alpha value is -2.03. The zero-order chi connectivity index (χ0) is 11.5. The average molecular weight is 215 g/mol. The second-order valence-electron chi connectivity index (χ2n) is 3.72. The maximum absolute atomic E-state index is 10.3. The molecule has 0 aliphatic rings. The van der Waals surface area contributed by atoms with Crippen LogP contribution in [0.2, 0.25) is 0 Å². The van der Waals surface area contributed by atoms with Gasteiger partial charge in [0.25, 0.3) is 0 Å². The van der Waals surface area contributed by atoms with Gasteiger partial charge >= 0.3 is 5.97 Å². The highest BCUT2D eigenvalue weighted by atomic mass is 16.4. The third-order valence-corrected chi connectivity index (χ3v) is 2.59. The summed E-state index contributed by atoms with van der Waals surface area (Å²) in [5.74, 6) is -0.910. The molecule has 0 amide bonds. The molecule has 0 spiro atoms. The standard InChI is InChI=1S/C13H13NO2/c1-10-4-2-5-12-11(10)7-9-14(12)8-3-6-13(15)16/h2-7,9H,8H2,1H3,(H,15,16). The van der Waals surface area contributed by atoms with Gasteiger partial charge in [-0.3, -0.25) is 0 Å². The Morgan fingerprint density at radius 2 is 2.25 bits per heavy atom. The molecule has 0 fully saturated rings. The summed E-state index contributed by atoms with van der Waals surface area (Å²) in [5.41, 5.74) is 2.37. The number of aromatic nitrogens is 1. The van der Waals surface area contributed by atoms with E-state index in [2.05, 4.69) is 19.1 Å². The van der Waals surface area contributed by atoms with Gasteiger partial charge in [0, 0.05) is 29.7 Å². The molecule has 1 aromatic heterocycles. The predicted molar refractivity (Wildman–Crippen MR) is 63.5 cm³/mol. The monoisotopic (exact) mass is 215 g/mol. The van der Waals surface area contributed by atoms with Crippen molar-refractivity contribution in [3.63, 3.8) is 0 Å². The summed E-state index contributed by atoms with van der Waals surface area (Å²) in [5, 5.41) is 9.72. The van der Waals surface area contributed by atoms with Crippen LogP contribution in [0.15, 0.2) is 42.6 Å². The largest absolute Gasteiger partial charge is 0.478 e. The number of hydrogen-bond acceptors (Lipinski definition) is 1. The second kappa shape index (κ2) is 4.23. The van der Waals surface area contributed by atoms with E-state index in [-0.39, 0.29) is 0 Å². The zero-order valence-electron chi connectivity index (χ0n) is 9.05. The molecule has 2 rings (SSSR count). The number of benzene rings is 1. The van der Waals surface area contributed by atoms with Crippen LogP contribution in [0.3, 0.4) is 0 Å². The van der Waals surface area contributed by atoms with Crippen molar-refractivity contribution >= 4 is 16.9 Å². The summed E-state index contributed by atoms with van der Waals surface area (Å²) in [7, 11) is 0. The lowest BCUT2D eigenvalue weighted by Gasteiger charge is -2.01. The number of carboxylic acids is 1. The minimum absolute atomic E-state index is 0.583. The molecule has 3 heteroatoms. The molecule has 0 saturated heterocycles. The lowest BCUT2D eigenvalue weighted by Crippen LogP contribution is -1.94. The number of aliphatic carboxylic acids is 1. The first-order valence-corrected chi connectivity index (χ1v) is 5.12. The summed E-state index contributed by atoms with van der Waals surface area (Å²) in [6, 6.07) is 8.17. The minimum Gasteiger partial charge on any atom is -0.478 e. The van der Waals surface area contributed by atoms with Gasteiger partial charge in [0.2, 0.25) is 0 Å². The molecule has 0 aliphatic heterocycles. The third-order valence-electron chi connectivity index (χ3n) is 2.59. The van der Waals surface area contributed by atoms with Crippen molar-refractivity contribution in [1.29, 1.82) is 0 Å². The summed E-state index contributed by atoms with van der Waals surface area (Å²) in [6.45, 7) is 2.65. The molecule has 82 valence electrons. The summed E-state index contributed by atoms with van der Waals surface area (Å²) >= 11 is 0. The number of rotatable bonds is 3. The van der Waals surface area contributed by atoms with Gasteiger partial charge in [0.15, 0.2) is 0 Å². The molecular weight excluding hydrogens is 202 g/mol. The molecule has 0 aliphatic carbocycles. The van der Waals surface area contributed by atoms with Crippen molar-refractivity contribution in [3.05, 3.63) is 48.2 Å². The Morgan fingerprint density at radius 1 is 1.44 bits per heavy atom. The van der Waals surface area contributed by atoms with Gasteiger partial charge in [-0.1, -0.05) is 18.2 Å². The number of carboxylic acid groups (broad SMARTS) is 1. The van der Waals surface area contributed by atoms with Crippen LogP contribution >= 0.6 is 0 Å². The molecule has 0 bridgehead atoms. The molecule has 3 nitrogen and oxygen atoms in total. The van der Waals surface area contributed by atoms with Crippen LogP contribution in [-0.2, 0) is 11.3 Å². The van der Waals surface area contributed by atoms with E-state index in [0.717, 1.165) is 5.52 Å². The van der Waals surface area contributed by atoms with Gasteiger partial charge < -0.3 is 9.67 Å². The molecule has 0 saturated carbocycles. The molecular formula is C13H13NO2. The molecule has 0 atom stereocenters. The van der Waals surface area contributed by atoms with Crippen molar-refractivity contribution < 1.29 is 9.90 Å². The number of hydrogen-bond donors (Lipinski definition) is 1. The lowest BCUT2D eigenvalue weighted by atomic mass is 10.1. The van der Waals surface area contributed by atoms with E-state index in [1.165, 1.54) is 17.0 Å². The van der Waals surface area contributed by atoms with Gasteiger partial charge in [0.1, 0.15) is 0 Å². The number of allylic oxidation sites excluding steroid dienone is 1. The van der Waals surface area contributed by atoms with Crippen molar-refractivity contribution in [2.45, 2.75) is 13.5 Å². The first-order valence-electron chi connectivity index (χ1n) is 5.12. The van der Waals surface area contributed by atoms with Crippen LogP contribution in [-0.4, -0.2) is 15.6 Å². The number of nitrogens with zero attached hydrogens (tertiary/aromatic N) is 1. The fourth-order valence-electron chi connectivity index (χ4n) is 1.80. The predicted octanol–water partition coefficient (Wildman–Crippen LogP) is 2.59. The van der Waals surface area contributed by atoms with Crippen LogP contribution < -0.4 is 0 Å². The van der Waals surface area contributed by atoms with E-state index in [1.54, 1.807) is 6.08 Å². The molecule has 1 aromatic carbocycles. The van der Waals surface area contributed by atoms with Crippen LogP contribution in [0.4, 0.5) is 0 Å². The van der Waals surface area contributed by atoms with Gasteiger partial charge in [0.05, 0.1) is 0 Å². The first-order chi connectivity index (χ1) is 7.68. The molecule has 0 radical (unpaired) electrons. The number of aryl methyl sites for hydroxylation is 1. The smallest absolute Gasteiger partial charge is 0.328 e. The molecule has 2 aromatic rings. The summed E-state index contributed by atoms with van der Waals surface area (Å²) in [6.07, 6.45) is 4.79. The third kappa shape index (κ3) is 1.98. The number of carbonyl (C=O) groups is 1. The highest BCUT2D eigenvalue weighted by Crippen LogP contribution is 2.19. The molecule has 0 unspecified atom stereocenters. The van der Waals surface area contributed by atoms with Crippen LogP contribution in [0, 0.1) is 6.92 Å². The Labute approximate surface area is 93.6 Å². The van der Waals surface area contributed by atoms with Gasteiger partial charge in [-0.25, -0.2) is 4.79 Å². The topological polar surface area (TPSA) is 42.2 Å². The highest BCUT2D eigenvalue weighted by molar-refractivity contribution is 5.83. The van der Waals surface area contributed by atoms with E-state index < -0.39 is 5.97 Å². The zero-order valence-corrected chi connectivity index (χ0v) is 9.05. The van der Waals surface area contributed by atoms with E-state index in [4.69, 9.17) is 5.11 Å². The maximum Gasteiger partial charge on any atom is 0.328 e. The van der Waals surface area contributed by atoms with Gasteiger partial charge in [-0.2, -0.15) is 0 Å². The lowest BCUT2D eigenvalue weighted by molar-refractivity contribution is -0.131. The van der Waals surface area contributed by atoms with Crippen molar-refractivity contribution in [2.24, 2.45) is 0 Å². The quantitative estimate of drug-likeness (QED) is 0.799. The highest BCUT2D eigenvalue weighted by Gasteiger charge is 2.00. The molecule has 16 heavy (non-hydrogen) atoms. The fourth-order valence-corrected chi connectivity index (χ4v) is 1.80. The van der Waals surface area contributed by atoms with E-state index in [1.807, 2.05) is 22.9 Å². The second-order valence-corrected chi connectivity index (χ2v) is 3.72. The first kappa shape index (κ1) is 10.5. The van der Waals surface area contributed by atoms with Crippen LogP contribution in [0.25, 0.3) is 10.9 Å². The Balaban J connectivity index is 2.32. The summed E-state index contributed by atoms with van der Waals surface area (Å²) in [4.78, 5) is 10.3. The van der Waals surface area contributed by atoms with E-state index >= 15 is 0 Å². The number of fused-ring (bicyclic) bond motifs is 1. The minimum atomic E-state index is -0.910. The van der Waals surface area contributed by atoms with Gasteiger partial charge in [-0.05, 0) is 24.6 Å². The molecule has 1 N–H and O–H groups in total. The van der Waals surface area contributed by atoms with E-state index in [0.29, 0.717) is 6.54 Å². The normalized spacial score (nSPS) is 11.3. The van der Waals surface area contributed by atoms with Crippen molar-refractivity contribution in [1.82, 2.24) is 4.57 Å². The Bertz CT molecular complexity index is 552. The van der Waals surface area contributed by atoms with Crippen LogP contribution in [0.1, 0.15) is 5.56 Å². The van der Waals surface area contributed by atoms with E-state index in [9.17, 15) is 4.79 Å². The Kier molecular flexibility index (Phi) is 2.77. The Morgan fingerprint density at radius 3 is 3.00 bits per heavy atom. The SMILES string of the molecule is Cc1cccc2c1ccn2CC=CC(=O)O. The summed E-state index contributed by atoms with van der Waals surface area (Å²) < 4.78 is 2.03. The van der Waals surface area contributed by atoms with Crippen molar-refractivity contribution in [2.75, 3.05) is 0 Å². The van der Waals surface area contributed by atoms with Crippen LogP contribution in [0.5, 0.6) is 0 Å².